The summed E-state index contributed by atoms with van der Waals surface area (Å²) >= 11 is 4.82. The van der Waals surface area contributed by atoms with Gasteiger partial charge in [0.25, 0.3) is 0 Å². The summed E-state index contributed by atoms with van der Waals surface area (Å²) in [4.78, 5) is 2.17. The van der Waals surface area contributed by atoms with Crippen molar-refractivity contribution in [1.29, 1.82) is 0 Å². The van der Waals surface area contributed by atoms with Gasteiger partial charge in [0.1, 0.15) is 5.25 Å². The summed E-state index contributed by atoms with van der Waals surface area (Å²) in [5.41, 5.74) is 7.07. The zero-order valence-corrected chi connectivity index (χ0v) is 14.3. The summed E-state index contributed by atoms with van der Waals surface area (Å²) in [5.74, 6) is 0. The van der Waals surface area contributed by atoms with Crippen LogP contribution in [-0.2, 0) is 10.0 Å². The maximum absolute atomic E-state index is 12.2. The van der Waals surface area contributed by atoms with E-state index < -0.39 is 15.3 Å². The summed E-state index contributed by atoms with van der Waals surface area (Å²) in [5, 5.41) is -0.852. The largest absolute Gasteiger partial charge is 0.392 e. The van der Waals surface area contributed by atoms with Crippen LogP contribution >= 0.6 is 12.2 Å². The molecule has 0 bridgehead atoms. The first kappa shape index (κ1) is 17.7. The third-order valence-electron chi connectivity index (χ3n) is 3.32. The van der Waals surface area contributed by atoms with Crippen molar-refractivity contribution in [1.82, 2.24) is 0 Å². The van der Waals surface area contributed by atoms with Crippen molar-refractivity contribution in [2.24, 2.45) is 5.73 Å². The smallest absolute Gasteiger partial charge is 0.242 e. The molecule has 1 atom stereocenters. The van der Waals surface area contributed by atoms with Crippen molar-refractivity contribution >= 4 is 38.6 Å². The van der Waals surface area contributed by atoms with Gasteiger partial charge in [0, 0.05) is 24.5 Å². The van der Waals surface area contributed by atoms with Crippen molar-refractivity contribution in [3.63, 3.8) is 0 Å². The van der Waals surface area contributed by atoms with Crippen LogP contribution in [0.5, 0.6) is 0 Å². The van der Waals surface area contributed by atoms with Crippen LogP contribution in [0.3, 0.4) is 0 Å². The van der Waals surface area contributed by atoms with Crippen molar-refractivity contribution in [3.8, 4) is 0 Å². The molecule has 0 aliphatic rings. The molecule has 0 spiro atoms. The number of sulfonamides is 1. The fourth-order valence-corrected chi connectivity index (χ4v) is 4.04. The molecule has 118 valence electrons. The quantitative estimate of drug-likeness (QED) is 0.716. The average molecular weight is 329 g/mol. The molecule has 1 aromatic carbocycles. The van der Waals surface area contributed by atoms with E-state index in [9.17, 15) is 8.42 Å². The fourth-order valence-electron chi connectivity index (χ4n) is 2.14. The second-order valence-electron chi connectivity index (χ2n) is 4.67. The van der Waals surface area contributed by atoms with Gasteiger partial charge in [0.2, 0.25) is 10.0 Å². The normalized spacial score (nSPS) is 12.7. The van der Waals surface area contributed by atoms with Gasteiger partial charge in [-0.25, -0.2) is 8.42 Å². The molecule has 0 aliphatic carbocycles. The highest BCUT2D eigenvalue weighted by molar-refractivity contribution is 7.95. The second-order valence-corrected chi connectivity index (χ2v) is 7.00. The van der Waals surface area contributed by atoms with E-state index in [1.807, 2.05) is 12.1 Å². The molecule has 0 fully saturated rings. The Morgan fingerprint density at radius 3 is 2.14 bits per heavy atom. The number of thiocarbonyl (C=S) groups is 1. The van der Waals surface area contributed by atoms with Crippen LogP contribution in [0.2, 0.25) is 0 Å². The Labute approximate surface area is 132 Å². The molecule has 7 heteroatoms. The van der Waals surface area contributed by atoms with Crippen molar-refractivity contribution in [2.45, 2.75) is 32.4 Å². The van der Waals surface area contributed by atoms with E-state index >= 15 is 0 Å². The SMILES string of the molecule is CCC(C(N)=S)S(=O)(=O)Nc1ccc(N(CC)CC)cc1. The Balaban J connectivity index is 2.91. The Bertz CT molecular complexity index is 566. The summed E-state index contributed by atoms with van der Waals surface area (Å²) < 4.78 is 27.0. The molecule has 1 unspecified atom stereocenters. The molecule has 0 aliphatic heterocycles. The zero-order chi connectivity index (χ0) is 16.0. The van der Waals surface area contributed by atoms with Gasteiger partial charge in [-0.1, -0.05) is 19.1 Å². The Morgan fingerprint density at radius 1 is 1.24 bits per heavy atom. The highest BCUT2D eigenvalue weighted by atomic mass is 32.2. The first-order valence-corrected chi connectivity index (χ1v) is 8.97. The highest BCUT2D eigenvalue weighted by Crippen LogP contribution is 2.20. The number of nitrogens with zero attached hydrogens (tertiary/aromatic N) is 1. The molecule has 0 saturated carbocycles. The van der Waals surface area contributed by atoms with Gasteiger partial charge in [-0.05, 0) is 44.5 Å². The van der Waals surface area contributed by atoms with Gasteiger partial charge in [0.05, 0.1) is 4.99 Å². The predicted octanol–water partition coefficient (Wildman–Crippen LogP) is 2.34. The molecule has 0 saturated heterocycles. The number of hydrogen-bond acceptors (Lipinski definition) is 4. The lowest BCUT2D eigenvalue weighted by atomic mass is 10.2. The number of anilines is 2. The van der Waals surface area contributed by atoms with Crippen molar-refractivity contribution in [2.75, 3.05) is 22.7 Å². The molecule has 1 rings (SSSR count). The van der Waals surface area contributed by atoms with Crippen molar-refractivity contribution in [3.05, 3.63) is 24.3 Å². The summed E-state index contributed by atoms with van der Waals surface area (Å²) in [6.45, 7) is 7.71. The van der Waals surface area contributed by atoms with Gasteiger partial charge in [-0.3, -0.25) is 4.72 Å². The van der Waals surface area contributed by atoms with Gasteiger partial charge in [0.15, 0.2) is 0 Å². The highest BCUT2D eigenvalue weighted by Gasteiger charge is 2.26. The minimum absolute atomic E-state index is 0.00948. The van der Waals surface area contributed by atoms with Gasteiger partial charge < -0.3 is 10.6 Å². The monoisotopic (exact) mass is 329 g/mol. The number of nitrogens with two attached hydrogens (primary N) is 1. The Kier molecular flexibility index (Phi) is 6.42. The average Bonchev–Trinajstić information content (AvgIpc) is 2.41. The lowest BCUT2D eigenvalue weighted by molar-refractivity contribution is 0.594. The van der Waals surface area contributed by atoms with Crippen LogP contribution in [0, 0.1) is 0 Å². The maximum atomic E-state index is 12.2. The minimum atomic E-state index is -3.60. The molecule has 0 amide bonds. The number of hydrogen-bond donors (Lipinski definition) is 2. The molecule has 0 aromatic heterocycles. The lowest BCUT2D eigenvalue weighted by Gasteiger charge is -2.21. The lowest BCUT2D eigenvalue weighted by Crippen LogP contribution is -2.37. The molecular formula is C14H23N3O2S2. The van der Waals surface area contributed by atoms with Crippen molar-refractivity contribution < 1.29 is 8.42 Å². The van der Waals surface area contributed by atoms with E-state index in [1.54, 1.807) is 19.1 Å². The third-order valence-corrected chi connectivity index (χ3v) is 5.61. The molecule has 0 heterocycles. The van der Waals surface area contributed by atoms with E-state index in [2.05, 4.69) is 23.5 Å². The Morgan fingerprint density at radius 2 is 1.76 bits per heavy atom. The molecular weight excluding hydrogens is 306 g/mol. The third kappa shape index (κ3) is 4.57. The van der Waals surface area contributed by atoms with Crippen LogP contribution in [0.25, 0.3) is 0 Å². The van der Waals surface area contributed by atoms with Crippen LogP contribution in [0.4, 0.5) is 11.4 Å². The summed E-state index contributed by atoms with van der Waals surface area (Å²) in [6.07, 6.45) is 0.349. The molecule has 21 heavy (non-hydrogen) atoms. The number of nitrogens with one attached hydrogen (secondary N) is 1. The Hall–Kier alpha value is -1.34. The predicted molar refractivity (Wildman–Crippen MR) is 93.4 cm³/mol. The van der Waals surface area contributed by atoms with Gasteiger partial charge in [-0.2, -0.15) is 0 Å². The van der Waals surface area contributed by atoms with Gasteiger partial charge in [-0.15, -0.1) is 0 Å². The van der Waals surface area contributed by atoms with Crippen LogP contribution in [0.15, 0.2) is 24.3 Å². The zero-order valence-electron chi connectivity index (χ0n) is 12.7. The van der Waals surface area contributed by atoms with Gasteiger partial charge >= 0.3 is 0 Å². The molecule has 5 nitrogen and oxygen atoms in total. The molecule has 3 N–H and O–H groups in total. The van der Waals surface area contributed by atoms with Crippen LogP contribution in [-0.4, -0.2) is 31.7 Å². The standard InChI is InChI=1S/C14H23N3O2S2/c1-4-13(14(15)20)21(18,19)16-11-7-9-12(10-8-11)17(5-2)6-3/h7-10,13,16H,4-6H2,1-3H3,(H2,15,20). The first-order chi connectivity index (χ1) is 9.85. The second kappa shape index (κ2) is 7.61. The minimum Gasteiger partial charge on any atom is -0.392 e. The number of benzene rings is 1. The van der Waals surface area contributed by atoms with E-state index in [-0.39, 0.29) is 4.99 Å². The first-order valence-electron chi connectivity index (χ1n) is 7.01. The van der Waals surface area contributed by atoms with E-state index in [1.165, 1.54) is 0 Å². The maximum Gasteiger partial charge on any atom is 0.242 e. The summed E-state index contributed by atoms with van der Waals surface area (Å²) in [7, 11) is -3.60. The number of rotatable bonds is 8. The van der Waals surface area contributed by atoms with E-state index in [0.29, 0.717) is 12.1 Å². The topological polar surface area (TPSA) is 75.4 Å². The van der Waals surface area contributed by atoms with E-state index in [4.69, 9.17) is 18.0 Å². The van der Waals surface area contributed by atoms with Crippen LogP contribution < -0.4 is 15.4 Å². The molecule has 1 aromatic rings. The fraction of sp³-hybridized carbons (Fsp3) is 0.500. The van der Waals surface area contributed by atoms with E-state index in [0.717, 1.165) is 18.8 Å². The summed E-state index contributed by atoms with van der Waals surface area (Å²) in [6, 6.07) is 7.29. The molecule has 0 radical (unpaired) electrons. The van der Waals surface area contributed by atoms with Crippen LogP contribution in [0.1, 0.15) is 27.2 Å².